The third-order valence-electron chi connectivity index (χ3n) is 3.06. The Morgan fingerprint density at radius 1 is 1.12 bits per heavy atom. The number of amides is 1. The van der Waals surface area contributed by atoms with Crippen LogP contribution in [0.15, 0.2) is 47.4 Å². The van der Waals surface area contributed by atoms with Crippen LogP contribution < -0.4 is 5.32 Å². The van der Waals surface area contributed by atoms with Gasteiger partial charge in [0.15, 0.2) is 0 Å². The molecule has 0 aliphatic rings. The number of para-hydroxylation sites is 1. The number of nitrogens with one attached hydrogen (secondary N) is 1. The molecule has 0 aromatic heterocycles. The van der Waals surface area contributed by atoms with Gasteiger partial charge in [-0.15, -0.1) is 11.8 Å². The molecule has 2 aromatic carbocycles. The highest BCUT2D eigenvalue weighted by Gasteiger charge is 2.33. The van der Waals surface area contributed by atoms with Gasteiger partial charge in [0.05, 0.1) is 16.5 Å². The zero-order chi connectivity index (χ0) is 17.9. The first-order valence-electron chi connectivity index (χ1n) is 6.77. The van der Waals surface area contributed by atoms with Crippen molar-refractivity contribution in [2.45, 2.75) is 23.2 Å². The first-order chi connectivity index (χ1) is 11.2. The van der Waals surface area contributed by atoms with Gasteiger partial charge in [-0.05, 0) is 31.2 Å². The Morgan fingerprint density at radius 3 is 2.42 bits per heavy atom. The number of thioether (sulfide) groups is 1. The fourth-order valence-corrected chi connectivity index (χ4v) is 2.75. The molecule has 0 fully saturated rings. The summed E-state index contributed by atoms with van der Waals surface area (Å²) in [5.41, 5.74) is -1.34. The van der Waals surface area contributed by atoms with E-state index < -0.39 is 34.5 Å². The highest BCUT2D eigenvalue weighted by Crippen LogP contribution is 2.35. The van der Waals surface area contributed by atoms with Crippen LogP contribution in [-0.2, 0) is 11.0 Å². The van der Waals surface area contributed by atoms with Crippen LogP contribution in [0.5, 0.6) is 0 Å². The summed E-state index contributed by atoms with van der Waals surface area (Å²) < 4.78 is 65.1. The Morgan fingerprint density at radius 2 is 1.79 bits per heavy atom. The first-order valence-corrected chi connectivity index (χ1v) is 7.65. The number of carbonyl (C=O) groups is 1. The molecule has 0 spiro atoms. The van der Waals surface area contributed by atoms with E-state index in [4.69, 9.17) is 0 Å². The molecule has 0 aliphatic carbocycles. The van der Waals surface area contributed by atoms with Gasteiger partial charge in [-0.3, -0.25) is 4.79 Å². The van der Waals surface area contributed by atoms with Crippen molar-refractivity contribution in [3.05, 3.63) is 59.7 Å². The van der Waals surface area contributed by atoms with E-state index in [0.29, 0.717) is 6.07 Å². The first kappa shape index (κ1) is 18.3. The lowest BCUT2D eigenvalue weighted by atomic mass is 10.1. The number of rotatable bonds is 4. The Hall–Kier alpha value is -2.09. The summed E-state index contributed by atoms with van der Waals surface area (Å²) in [6.45, 7) is 1.42. The van der Waals surface area contributed by atoms with E-state index in [9.17, 15) is 26.7 Å². The van der Waals surface area contributed by atoms with Crippen molar-refractivity contribution in [1.82, 2.24) is 0 Å². The summed E-state index contributed by atoms with van der Waals surface area (Å²) in [7, 11) is 0. The van der Waals surface area contributed by atoms with Crippen molar-refractivity contribution in [2.24, 2.45) is 0 Å². The van der Waals surface area contributed by atoms with E-state index in [2.05, 4.69) is 5.32 Å². The smallest absolute Gasteiger partial charge is 0.325 e. The topological polar surface area (TPSA) is 29.1 Å². The Bertz CT molecular complexity index is 747. The molecule has 128 valence electrons. The van der Waals surface area contributed by atoms with Gasteiger partial charge in [-0.1, -0.05) is 12.1 Å². The highest BCUT2D eigenvalue weighted by molar-refractivity contribution is 8.00. The standard InChI is InChI=1S/C16H12F5NOS/c1-9(24-14-7-6-10(17)8-12(14)18)15(23)22-13-5-3-2-4-11(13)16(19,20)21/h2-9H,1H3,(H,22,23). The van der Waals surface area contributed by atoms with Crippen molar-refractivity contribution in [3.63, 3.8) is 0 Å². The van der Waals surface area contributed by atoms with Gasteiger partial charge in [-0.2, -0.15) is 13.2 Å². The number of carbonyl (C=O) groups excluding carboxylic acids is 1. The van der Waals surface area contributed by atoms with Crippen molar-refractivity contribution in [1.29, 1.82) is 0 Å². The molecule has 0 aliphatic heterocycles. The second kappa shape index (κ2) is 7.21. The maximum absolute atomic E-state index is 13.6. The van der Waals surface area contributed by atoms with Crippen LogP contribution in [0.4, 0.5) is 27.6 Å². The maximum Gasteiger partial charge on any atom is 0.418 e. The summed E-state index contributed by atoms with van der Waals surface area (Å²) in [5.74, 6) is -2.32. The Kier molecular flexibility index (Phi) is 5.48. The lowest BCUT2D eigenvalue weighted by Gasteiger charge is -2.16. The average Bonchev–Trinajstić information content (AvgIpc) is 2.49. The number of halogens is 5. The van der Waals surface area contributed by atoms with Gasteiger partial charge in [0.25, 0.3) is 0 Å². The molecule has 0 saturated carbocycles. The quantitative estimate of drug-likeness (QED) is 0.606. The molecule has 1 N–H and O–H groups in total. The molecule has 2 aromatic rings. The zero-order valence-corrected chi connectivity index (χ0v) is 13.1. The maximum atomic E-state index is 13.6. The molecule has 1 unspecified atom stereocenters. The third-order valence-corrected chi connectivity index (χ3v) is 4.21. The summed E-state index contributed by atoms with van der Waals surface area (Å²) in [5, 5.41) is 1.31. The van der Waals surface area contributed by atoms with E-state index >= 15 is 0 Å². The van der Waals surface area contributed by atoms with Gasteiger partial charge in [0.1, 0.15) is 11.6 Å². The van der Waals surface area contributed by atoms with E-state index in [1.165, 1.54) is 25.1 Å². The van der Waals surface area contributed by atoms with E-state index in [1.54, 1.807) is 0 Å². The molecule has 8 heteroatoms. The third kappa shape index (κ3) is 4.47. The van der Waals surface area contributed by atoms with Gasteiger partial charge < -0.3 is 5.32 Å². The molecule has 2 rings (SSSR count). The van der Waals surface area contributed by atoms with Gasteiger partial charge in [0.2, 0.25) is 5.91 Å². The number of alkyl halides is 3. The SMILES string of the molecule is CC(Sc1ccc(F)cc1F)C(=O)Nc1ccccc1C(F)(F)F. The molecule has 0 radical (unpaired) electrons. The molecule has 24 heavy (non-hydrogen) atoms. The Balaban J connectivity index is 2.13. The van der Waals surface area contributed by atoms with Crippen LogP contribution in [0.25, 0.3) is 0 Å². The fraction of sp³-hybridized carbons (Fsp3) is 0.188. The Labute approximate surface area is 139 Å². The second-order valence-electron chi connectivity index (χ2n) is 4.87. The average molecular weight is 361 g/mol. The second-order valence-corrected chi connectivity index (χ2v) is 6.25. The number of hydrogen-bond donors (Lipinski definition) is 1. The normalized spacial score (nSPS) is 12.8. The molecule has 0 saturated heterocycles. The lowest BCUT2D eigenvalue weighted by Crippen LogP contribution is -2.24. The van der Waals surface area contributed by atoms with Crippen LogP contribution in [0.3, 0.4) is 0 Å². The van der Waals surface area contributed by atoms with Crippen molar-refractivity contribution >= 4 is 23.4 Å². The van der Waals surface area contributed by atoms with Crippen LogP contribution >= 0.6 is 11.8 Å². The summed E-state index contributed by atoms with van der Waals surface area (Å²) in [6, 6.07) is 7.44. The number of hydrogen-bond acceptors (Lipinski definition) is 2. The van der Waals surface area contributed by atoms with Crippen LogP contribution in [0.1, 0.15) is 12.5 Å². The van der Waals surface area contributed by atoms with Crippen molar-refractivity contribution in [2.75, 3.05) is 5.32 Å². The van der Waals surface area contributed by atoms with Crippen LogP contribution in [0, 0.1) is 11.6 Å². The van der Waals surface area contributed by atoms with E-state index in [-0.39, 0.29) is 10.6 Å². The minimum Gasteiger partial charge on any atom is -0.325 e. The zero-order valence-electron chi connectivity index (χ0n) is 12.3. The predicted octanol–water partition coefficient (Wildman–Crippen LogP) is 5.10. The summed E-state index contributed by atoms with van der Waals surface area (Å²) in [4.78, 5) is 12.1. The molecule has 0 heterocycles. The molecule has 2 nitrogen and oxygen atoms in total. The fourth-order valence-electron chi connectivity index (χ4n) is 1.89. The van der Waals surface area contributed by atoms with E-state index in [0.717, 1.165) is 30.0 Å². The van der Waals surface area contributed by atoms with Crippen molar-refractivity contribution in [3.8, 4) is 0 Å². The number of benzene rings is 2. The minimum atomic E-state index is -4.61. The summed E-state index contributed by atoms with van der Waals surface area (Å²) in [6.07, 6.45) is -4.61. The highest BCUT2D eigenvalue weighted by atomic mass is 32.2. The minimum absolute atomic E-state index is 0.0307. The monoisotopic (exact) mass is 361 g/mol. The van der Waals surface area contributed by atoms with Crippen LogP contribution in [0.2, 0.25) is 0 Å². The summed E-state index contributed by atoms with van der Waals surface area (Å²) >= 11 is 0.785. The van der Waals surface area contributed by atoms with Crippen molar-refractivity contribution < 1.29 is 26.7 Å². The van der Waals surface area contributed by atoms with Gasteiger partial charge in [-0.25, -0.2) is 8.78 Å². The largest absolute Gasteiger partial charge is 0.418 e. The molecule has 1 atom stereocenters. The van der Waals surface area contributed by atoms with Crippen LogP contribution in [-0.4, -0.2) is 11.2 Å². The molecule has 0 bridgehead atoms. The lowest BCUT2D eigenvalue weighted by molar-refractivity contribution is -0.137. The molecular formula is C16H12F5NOS. The van der Waals surface area contributed by atoms with Gasteiger partial charge in [0, 0.05) is 11.0 Å². The van der Waals surface area contributed by atoms with Gasteiger partial charge >= 0.3 is 6.18 Å². The molecular weight excluding hydrogens is 349 g/mol. The predicted molar refractivity (Wildman–Crippen MR) is 81.8 cm³/mol. The number of anilines is 1. The van der Waals surface area contributed by atoms with E-state index in [1.807, 2.05) is 0 Å². The molecule has 1 amide bonds.